The van der Waals surface area contributed by atoms with Crippen LogP contribution in [0.25, 0.3) is 0 Å². The minimum atomic E-state index is -3.05. The number of ether oxygens (including phenoxy) is 1. The number of hydrogen-bond acceptors (Lipinski definition) is 5. The van der Waals surface area contributed by atoms with Crippen LogP contribution in [0.5, 0.6) is 0 Å². The third-order valence-electron chi connectivity index (χ3n) is 11.5. The SMILES string of the molecule is CC(C)OC(=O)CCC/C=C\C[C@@H]1[C@@H](/C=C/C(=O)O)[C@H](O[Si](c2ccccc2)(c2ccccc2)C(C)(C)C)C[C@@H]1O[Si](c1ccccc1)(c1ccccc1)C(C)(C)C. The lowest BCUT2D eigenvalue weighted by atomic mass is 9.90. The third kappa shape index (κ3) is 10.3. The zero-order valence-corrected chi connectivity index (χ0v) is 37.8. The highest BCUT2D eigenvalue weighted by molar-refractivity contribution is 7.00. The summed E-state index contributed by atoms with van der Waals surface area (Å²) < 4.78 is 21.2. The van der Waals surface area contributed by atoms with Gasteiger partial charge in [0.15, 0.2) is 0 Å². The van der Waals surface area contributed by atoms with Crippen LogP contribution < -0.4 is 20.7 Å². The van der Waals surface area contributed by atoms with Crippen LogP contribution in [0.1, 0.15) is 87.5 Å². The molecular formula is C50H64O6Si2. The molecule has 6 nitrogen and oxygen atoms in total. The third-order valence-corrected chi connectivity index (χ3v) is 21.6. The fraction of sp³-hybridized carbons (Fsp3) is 0.400. The Labute approximate surface area is 349 Å². The molecular weight excluding hydrogens is 753 g/mol. The van der Waals surface area contributed by atoms with Crippen molar-refractivity contribution in [2.75, 3.05) is 0 Å². The van der Waals surface area contributed by atoms with E-state index in [0.717, 1.165) is 6.42 Å². The average molecular weight is 817 g/mol. The topological polar surface area (TPSA) is 82.1 Å². The molecule has 58 heavy (non-hydrogen) atoms. The molecule has 0 radical (unpaired) electrons. The van der Waals surface area contributed by atoms with Gasteiger partial charge in [-0.25, -0.2) is 4.79 Å². The predicted molar refractivity (Wildman–Crippen MR) is 242 cm³/mol. The maximum absolute atomic E-state index is 12.3. The Hall–Kier alpha value is -4.35. The maximum atomic E-state index is 12.3. The van der Waals surface area contributed by atoms with Crippen LogP contribution >= 0.6 is 0 Å². The number of unbranched alkanes of at least 4 members (excludes halogenated alkanes) is 1. The summed E-state index contributed by atoms with van der Waals surface area (Å²) >= 11 is 0. The summed E-state index contributed by atoms with van der Waals surface area (Å²) in [6.07, 6.45) is 9.85. The molecule has 1 N–H and O–H groups in total. The second kappa shape index (κ2) is 19.6. The molecule has 0 aliphatic heterocycles. The molecule has 4 aromatic rings. The monoisotopic (exact) mass is 816 g/mol. The van der Waals surface area contributed by atoms with E-state index >= 15 is 0 Å². The van der Waals surface area contributed by atoms with E-state index in [9.17, 15) is 14.7 Å². The zero-order valence-electron chi connectivity index (χ0n) is 35.8. The van der Waals surface area contributed by atoms with Gasteiger partial charge in [0.2, 0.25) is 0 Å². The Morgan fingerprint density at radius 3 is 1.47 bits per heavy atom. The summed E-state index contributed by atoms with van der Waals surface area (Å²) in [5.41, 5.74) is 0. The fourth-order valence-corrected chi connectivity index (χ4v) is 18.5. The van der Waals surface area contributed by atoms with Gasteiger partial charge in [-0.05, 0) is 76.3 Å². The summed E-state index contributed by atoms with van der Waals surface area (Å²) in [4.78, 5) is 24.6. The van der Waals surface area contributed by atoms with Crippen molar-refractivity contribution in [3.63, 3.8) is 0 Å². The lowest BCUT2D eigenvalue weighted by Crippen LogP contribution is -2.68. The van der Waals surface area contributed by atoms with Gasteiger partial charge < -0.3 is 18.7 Å². The lowest BCUT2D eigenvalue weighted by molar-refractivity contribution is -0.147. The number of hydrogen-bond donors (Lipinski definition) is 1. The van der Waals surface area contributed by atoms with Crippen LogP contribution in [0.15, 0.2) is 146 Å². The molecule has 5 rings (SSSR count). The molecule has 0 bridgehead atoms. The second-order valence-corrected chi connectivity index (χ2v) is 26.5. The van der Waals surface area contributed by atoms with Crippen molar-refractivity contribution in [1.29, 1.82) is 0 Å². The molecule has 0 unspecified atom stereocenters. The number of esters is 1. The molecule has 0 heterocycles. The van der Waals surface area contributed by atoms with Gasteiger partial charge in [0, 0.05) is 18.4 Å². The normalized spacial score (nSPS) is 19.3. The summed E-state index contributed by atoms with van der Waals surface area (Å²) in [5.74, 6) is -1.52. The van der Waals surface area contributed by atoms with E-state index in [0.29, 0.717) is 25.7 Å². The Morgan fingerprint density at radius 2 is 1.09 bits per heavy atom. The number of carbonyl (C=O) groups is 2. The van der Waals surface area contributed by atoms with Crippen molar-refractivity contribution < 1.29 is 28.3 Å². The van der Waals surface area contributed by atoms with Crippen LogP contribution in [-0.4, -0.2) is 52.0 Å². The fourth-order valence-electron chi connectivity index (χ4n) is 9.01. The highest BCUT2D eigenvalue weighted by Gasteiger charge is 2.58. The highest BCUT2D eigenvalue weighted by Crippen LogP contribution is 2.48. The van der Waals surface area contributed by atoms with E-state index in [1.165, 1.54) is 26.8 Å². The average Bonchev–Trinajstić information content (AvgIpc) is 3.51. The number of allylic oxidation sites excluding steroid dienone is 2. The van der Waals surface area contributed by atoms with Crippen LogP contribution in [-0.2, 0) is 23.2 Å². The number of carbonyl (C=O) groups excluding carboxylic acids is 1. The first-order valence-corrected chi connectivity index (χ1v) is 24.7. The standard InChI is InChI=1S/C50H64O6Si2/c1-38(2)54-48(53)34-24-10-9-23-33-43-44(35-36-47(51)52)46(56-58(50(6,7)8,41-29-19-13-20-30-41)42-31-21-14-22-32-42)37-45(43)55-57(49(3,4)5,39-25-15-11-16-26-39)40-27-17-12-18-28-40/h9,11-23,25-32,35-36,38,43-46H,10,24,33-34,37H2,1-8H3,(H,51,52)/b23-9-,36-35+/t43-,44-,45+,46-/m1/s1. The largest absolute Gasteiger partial charge is 0.478 e. The first kappa shape index (κ1) is 44.8. The molecule has 0 amide bonds. The second-order valence-electron chi connectivity index (χ2n) is 18.0. The smallest absolute Gasteiger partial charge is 0.327 e. The molecule has 308 valence electrons. The van der Waals surface area contributed by atoms with Gasteiger partial charge in [0.1, 0.15) is 0 Å². The molecule has 0 aromatic heterocycles. The molecule has 0 spiro atoms. The zero-order chi connectivity index (χ0) is 42.0. The van der Waals surface area contributed by atoms with Crippen LogP contribution in [0.2, 0.25) is 10.1 Å². The van der Waals surface area contributed by atoms with Crippen molar-refractivity contribution in [2.45, 2.75) is 116 Å². The highest BCUT2D eigenvalue weighted by atomic mass is 28.4. The summed E-state index contributed by atoms with van der Waals surface area (Å²) in [6, 6.07) is 42.7. The van der Waals surface area contributed by atoms with E-state index in [-0.39, 0.29) is 46.2 Å². The summed E-state index contributed by atoms with van der Waals surface area (Å²) in [7, 11) is -6.08. The Morgan fingerprint density at radius 1 is 0.672 bits per heavy atom. The number of carboxylic acids is 1. The van der Waals surface area contributed by atoms with Gasteiger partial charge in [-0.1, -0.05) is 181 Å². The van der Waals surface area contributed by atoms with Crippen LogP contribution in [0.3, 0.4) is 0 Å². The van der Waals surface area contributed by atoms with Gasteiger partial charge in [0.05, 0.1) is 18.3 Å². The van der Waals surface area contributed by atoms with Crippen molar-refractivity contribution in [3.05, 3.63) is 146 Å². The molecule has 8 heteroatoms. The Kier molecular flexibility index (Phi) is 15.1. The van der Waals surface area contributed by atoms with E-state index in [4.69, 9.17) is 13.6 Å². The molecule has 1 saturated carbocycles. The minimum absolute atomic E-state index is 0.0948. The van der Waals surface area contributed by atoms with E-state index in [2.05, 4.69) is 163 Å². The Balaban J connectivity index is 1.66. The van der Waals surface area contributed by atoms with Gasteiger partial charge in [-0.3, -0.25) is 4.79 Å². The van der Waals surface area contributed by atoms with E-state index in [1.54, 1.807) is 0 Å². The van der Waals surface area contributed by atoms with Crippen molar-refractivity contribution in [2.24, 2.45) is 11.8 Å². The van der Waals surface area contributed by atoms with Crippen molar-refractivity contribution >= 4 is 49.3 Å². The molecule has 1 fully saturated rings. The predicted octanol–water partition coefficient (Wildman–Crippen LogP) is 9.22. The van der Waals surface area contributed by atoms with Gasteiger partial charge >= 0.3 is 11.9 Å². The van der Waals surface area contributed by atoms with Crippen LogP contribution in [0, 0.1) is 11.8 Å². The van der Waals surface area contributed by atoms with Crippen molar-refractivity contribution in [3.8, 4) is 0 Å². The van der Waals surface area contributed by atoms with E-state index in [1.807, 2.05) is 32.1 Å². The molecule has 4 aromatic carbocycles. The Bertz CT molecular complexity index is 1870. The number of aliphatic carboxylic acids is 1. The quantitative estimate of drug-likeness (QED) is 0.0377. The molecule has 0 saturated heterocycles. The maximum Gasteiger partial charge on any atom is 0.327 e. The van der Waals surface area contributed by atoms with Crippen molar-refractivity contribution in [1.82, 2.24) is 0 Å². The number of benzene rings is 4. The van der Waals surface area contributed by atoms with Crippen LogP contribution in [0.4, 0.5) is 0 Å². The first-order valence-electron chi connectivity index (χ1n) is 20.9. The van der Waals surface area contributed by atoms with Gasteiger partial charge in [-0.2, -0.15) is 0 Å². The first-order chi connectivity index (χ1) is 27.6. The minimum Gasteiger partial charge on any atom is -0.478 e. The summed E-state index contributed by atoms with van der Waals surface area (Å²) in [6.45, 7) is 17.5. The number of rotatable bonds is 17. The van der Waals surface area contributed by atoms with Gasteiger partial charge in [0.25, 0.3) is 16.6 Å². The lowest BCUT2D eigenvalue weighted by Gasteiger charge is -2.46. The van der Waals surface area contributed by atoms with E-state index < -0.39 is 22.6 Å². The summed E-state index contributed by atoms with van der Waals surface area (Å²) in [5, 5.41) is 14.3. The molecule has 1 aliphatic rings. The molecule has 1 aliphatic carbocycles. The van der Waals surface area contributed by atoms with Gasteiger partial charge in [-0.15, -0.1) is 0 Å². The molecule has 4 atom stereocenters. The number of carboxylic acid groups (broad SMARTS) is 1.